The van der Waals surface area contributed by atoms with E-state index in [9.17, 15) is 9.59 Å². The Morgan fingerprint density at radius 1 is 0.900 bits per heavy atom. The first-order chi connectivity index (χ1) is 24.3. The van der Waals surface area contributed by atoms with E-state index in [0.717, 1.165) is 10.0 Å². The van der Waals surface area contributed by atoms with Gasteiger partial charge in [0.1, 0.15) is 6.61 Å². The molecule has 9 nitrogen and oxygen atoms in total. The first-order valence-electron chi connectivity index (χ1n) is 15.5. The van der Waals surface area contributed by atoms with Crippen LogP contribution in [0, 0.1) is 0 Å². The molecule has 50 heavy (non-hydrogen) atoms. The molecule has 0 saturated carbocycles. The Hall–Kier alpha value is -4.65. The highest BCUT2D eigenvalue weighted by Gasteiger charge is 2.35. The van der Waals surface area contributed by atoms with Crippen molar-refractivity contribution in [2.45, 2.75) is 19.6 Å². The number of nitrogens with zero attached hydrogens (tertiary/aromatic N) is 2. The van der Waals surface area contributed by atoms with E-state index in [1.165, 1.54) is 18.4 Å². The molecule has 1 aliphatic rings. The smallest absolute Gasteiger partial charge is 0.338 e. The molecule has 1 atom stereocenters. The molecule has 0 radical (unpaired) electrons. The fraction of sp³-hybridized carbons (Fsp3) is 0.184. The number of carbonyl (C=O) groups is 1. The lowest BCUT2D eigenvalue weighted by atomic mass is 9.93. The van der Waals surface area contributed by atoms with Gasteiger partial charge in [-0.15, -0.1) is 0 Å². The van der Waals surface area contributed by atoms with Crippen LogP contribution in [-0.2, 0) is 16.1 Å². The van der Waals surface area contributed by atoms with Crippen LogP contribution in [0.25, 0.3) is 11.8 Å². The third kappa shape index (κ3) is 7.14. The molecule has 0 amide bonds. The minimum Gasteiger partial charge on any atom is -0.493 e. The maximum Gasteiger partial charge on any atom is 0.338 e. The summed E-state index contributed by atoms with van der Waals surface area (Å²) < 4.78 is 32.1. The van der Waals surface area contributed by atoms with E-state index in [0.29, 0.717) is 65.8 Å². The van der Waals surface area contributed by atoms with Crippen molar-refractivity contribution >= 4 is 60.9 Å². The molecule has 256 valence electrons. The largest absolute Gasteiger partial charge is 0.493 e. The fourth-order valence-electron chi connectivity index (χ4n) is 5.63. The van der Waals surface area contributed by atoms with Crippen LogP contribution in [0.3, 0.4) is 0 Å². The highest BCUT2D eigenvalue weighted by molar-refractivity contribution is 9.10. The van der Waals surface area contributed by atoms with Gasteiger partial charge in [-0.3, -0.25) is 9.36 Å². The van der Waals surface area contributed by atoms with Crippen molar-refractivity contribution in [3.8, 4) is 23.0 Å². The van der Waals surface area contributed by atoms with Crippen molar-refractivity contribution in [2.24, 2.45) is 4.99 Å². The van der Waals surface area contributed by atoms with E-state index < -0.39 is 12.0 Å². The summed E-state index contributed by atoms with van der Waals surface area (Å²) in [6, 6.07) is 25.4. The van der Waals surface area contributed by atoms with Gasteiger partial charge in [0.25, 0.3) is 5.56 Å². The predicted molar refractivity (Wildman–Crippen MR) is 200 cm³/mol. The molecule has 5 aromatic rings. The van der Waals surface area contributed by atoms with E-state index in [4.69, 9.17) is 28.7 Å². The summed E-state index contributed by atoms with van der Waals surface area (Å²) in [5.41, 5.74) is 3.37. The molecule has 2 heterocycles. The number of esters is 1. The lowest BCUT2D eigenvalue weighted by Gasteiger charge is -2.26. The molecule has 0 unspecified atom stereocenters. The Kier molecular flexibility index (Phi) is 10.9. The Labute approximate surface area is 309 Å². The molecule has 1 aromatic heterocycles. The molecule has 0 fully saturated rings. The molecule has 0 saturated heterocycles. The quantitative estimate of drug-likeness (QED) is 0.132. The maximum atomic E-state index is 14.4. The number of benzene rings is 4. The Morgan fingerprint density at radius 2 is 1.62 bits per heavy atom. The highest BCUT2D eigenvalue weighted by atomic mass is 79.9. The number of fused-ring (bicyclic) bond motifs is 1. The van der Waals surface area contributed by atoms with Crippen LogP contribution in [0.1, 0.15) is 35.2 Å². The number of carbonyl (C=O) groups excluding carboxylic acids is 1. The van der Waals surface area contributed by atoms with Gasteiger partial charge in [0.2, 0.25) is 0 Å². The minimum atomic E-state index is -0.877. The summed E-state index contributed by atoms with van der Waals surface area (Å²) in [7, 11) is 4.65. The van der Waals surface area contributed by atoms with Crippen molar-refractivity contribution in [1.29, 1.82) is 0 Å². The van der Waals surface area contributed by atoms with Gasteiger partial charge in [-0.25, -0.2) is 9.79 Å². The van der Waals surface area contributed by atoms with E-state index >= 15 is 0 Å². The number of rotatable bonds is 11. The van der Waals surface area contributed by atoms with Crippen LogP contribution in [0.2, 0.25) is 0 Å². The summed E-state index contributed by atoms with van der Waals surface area (Å²) in [6.07, 6.45) is 1.78. The summed E-state index contributed by atoms with van der Waals surface area (Å²) >= 11 is 8.32. The highest BCUT2D eigenvalue weighted by Crippen LogP contribution is 2.39. The normalized spacial score (nSPS) is 14.1. The zero-order valence-corrected chi connectivity index (χ0v) is 31.6. The zero-order chi connectivity index (χ0) is 35.4. The number of aromatic nitrogens is 1. The summed E-state index contributed by atoms with van der Waals surface area (Å²) in [5, 5.41) is 0. The molecule has 1 aliphatic heterocycles. The summed E-state index contributed by atoms with van der Waals surface area (Å²) in [6.45, 7) is 2.22. The van der Waals surface area contributed by atoms with Crippen molar-refractivity contribution in [2.75, 3.05) is 27.9 Å². The monoisotopic (exact) mass is 818 g/mol. The number of thiazole rings is 1. The van der Waals surface area contributed by atoms with E-state index in [2.05, 4.69) is 31.9 Å². The molecule has 0 N–H and O–H groups in total. The fourth-order valence-corrected chi connectivity index (χ4v) is 7.47. The maximum absolute atomic E-state index is 14.4. The summed E-state index contributed by atoms with van der Waals surface area (Å²) in [5.74, 6) is 1.42. The van der Waals surface area contributed by atoms with Gasteiger partial charge in [0.15, 0.2) is 27.8 Å². The van der Waals surface area contributed by atoms with Crippen molar-refractivity contribution in [3.05, 3.63) is 141 Å². The minimum absolute atomic E-state index is 0.146. The van der Waals surface area contributed by atoms with E-state index in [-0.39, 0.29) is 17.7 Å². The van der Waals surface area contributed by atoms with Gasteiger partial charge in [-0.05, 0) is 82.0 Å². The first-order valence-corrected chi connectivity index (χ1v) is 17.9. The molecular formula is C38H32Br2N2O7S. The predicted octanol–water partition coefficient (Wildman–Crippen LogP) is 7.07. The Morgan fingerprint density at radius 3 is 2.30 bits per heavy atom. The number of halogens is 2. The lowest BCUT2D eigenvalue weighted by molar-refractivity contribution is -0.138. The van der Waals surface area contributed by atoms with Gasteiger partial charge >= 0.3 is 5.97 Å². The average molecular weight is 821 g/mol. The standard InChI is InChI=1S/C38H32Br2N2O7S/c1-5-48-37(44)32-33(24-9-7-6-8-10-24)41-38-42(34(32)25-13-16-28(45-2)29(20-25)46-3)36(43)31(50-38)19-23-17-27(40)35(30(18-23)47-4)49-21-22-11-14-26(39)15-12-22/h6-20,34H,5,21H2,1-4H3/b31-19-/t34-/m1/s1. The molecule has 6 rings (SSSR count). The van der Waals surface area contributed by atoms with Crippen LogP contribution in [0.4, 0.5) is 0 Å². The number of hydrogen-bond acceptors (Lipinski definition) is 9. The Bertz CT molecular complexity index is 2270. The first kappa shape index (κ1) is 35.2. The van der Waals surface area contributed by atoms with Gasteiger partial charge < -0.3 is 23.7 Å². The van der Waals surface area contributed by atoms with Gasteiger partial charge in [-0.1, -0.05) is 75.8 Å². The number of ether oxygens (including phenoxy) is 5. The topological polar surface area (TPSA) is 97.6 Å². The molecule has 12 heteroatoms. The zero-order valence-electron chi connectivity index (χ0n) is 27.6. The third-order valence-corrected chi connectivity index (χ3v) is 10.0. The molecular weight excluding hydrogens is 788 g/mol. The van der Waals surface area contributed by atoms with Crippen molar-refractivity contribution < 1.29 is 28.5 Å². The second kappa shape index (κ2) is 15.5. The van der Waals surface area contributed by atoms with Gasteiger partial charge in [0, 0.05) is 10.0 Å². The molecule has 0 bridgehead atoms. The lowest BCUT2D eigenvalue weighted by Crippen LogP contribution is -2.40. The summed E-state index contributed by atoms with van der Waals surface area (Å²) in [4.78, 5) is 33.6. The van der Waals surface area contributed by atoms with Crippen LogP contribution >= 0.6 is 43.2 Å². The van der Waals surface area contributed by atoms with Crippen molar-refractivity contribution in [3.63, 3.8) is 0 Å². The second-order valence-corrected chi connectivity index (χ2v) is 13.8. The van der Waals surface area contributed by atoms with Crippen LogP contribution in [-0.4, -0.2) is 38.5 Å². The van der Waals surface area contributed by atoms with Gasteiger partial charge in [0.05, 0.1) is 54.3 Å². The van der Waals surface area contributed by atoms with Gasteiger partial charge in [-0.2, -0.15) is 0 Å². The molecule has 0 aliphatic carbocycles. The van der Waals surface area contributed by atoms with Crippen LogP contribution < -0.4 is 33.8 Å². The average Bonchev–Trinajstić information content (AvgIpc) is 3.44. The third-order valence-electron chi connectivity index (χ3n) is 7.94. The van der Waals surface area contributed by atoms with Crippen LogP contribution in [0.15, 0.2) is 109 Å². The Balaban J connectivity index is 1.51. The molecule has 0 spiro atoms. The van der Waals surface area contributed by atoms with Crippen molar-refractivity contribution in [1.82, 2.24) is 4.57 Å². The van der Waals surface area contributed by atoms with E-state index in [1.807, 2.05) is 72.8 Å². The number of methoxy groups -OCH3 is 3. The second-order valence-electron chi connectivity index (χ2n) is 11.0. The van der Waals surface area contributed by atoms with E-state index in [1.54, 1.807) is 43.9 Å². The molecule has 4 aromatic carbocycles. The SMILES string of the molecule is CCOC(=O)C1=C(c2ccccc2)N=c2s/c(=C\c3cc(Br)c(OCc4ccc(Br)cc4)c(OC)c3)c(=O)n2[C@@H]1c1ccc(OC)c(OC)c1. The van der Waals surface area contributed by atoms with Crippen LogP contribution in [0.5, 0.6) is 23.0 Å². The number of hydrogen-bond donors (Lipinski definition) is 0.